The molecule has 1 N–H and O–H groups in total. The molecule has 0 aromatic heterocycles. The minimum atomic E-state index is -3.95. The maximum Gasteiger partial charge on any atom is 0.247 e. The maximum atomic E-state index is 13.9. The fraction of sp³-hybridized carbons (Fsp3) is 0.481. The first-order valence-corrected chi connectivity index (χ1v) is 13.8. The molecule has 1 atom stereocenters. The molecule has 1 saturated heterocycles. The molecule has 8 heteroatoms. The van der Waals surface area contributed by atoms with Crippen molar-refractivity contribution in [1.82, 2.24) is 9.62 Å². The third-order valence-corrected chi connectivity index (χ3v) is 9.15. The second-order valence-electron chi connectivity index (χ2n) is 10.0. The van der Waals surface area contributed by atoms with Gasteiger partial charge in [-0.15, -0.1) is 0 Å². The summed E-state index contributed by atoms with van der Waals surface area (Å²) in [6.45, 7) is 5.18. The fourth-order valence-corrected chi connectivity index (χ4v) is 6.61. The van der Waals surface area contributed by atoms with Gasteiger partial charge in [0.05, 0.1) is 11.4 Å². The van der Waals surface area contributed by atoms with Crippen molar-refractivity contribution in [3.8, 4) is 0 Å². The van der Waals surface area contributed by atoms with Crippen LogP contribution < -0.4 is 10.2 Å². The van der Waals surface area contributed by atoms with Crippen molar-refractivity contribution >= 4 is 27.5 Å². The van der Waals surface area contributed by atoms with Gasteiger partial charge in [0, 0.05) is 18.3 Å². The minimum Gasteiger partial charge on any atom is -0.351 e. The molecule has 1 aliphatic heterocycles. The number of piperazine rings is 1. The monoisotopic (exact) mass is 497 g/mol. The molecule has 0 radical (unpaired) electrons. The number of amides is 2. The van der Waals surface area contributed by atoms with E-state index in [2.05, 4.69) is 5.32 Å². The molecule has 2 aromatic rings. The SMILES string of the molecule is Cc1ccc(N2C(=O)CN(S(=O)(=O)c3ccccc3)C[C@@]2(C)C(=O)NC2CCCCCC2)cc1C. The molecule has 0 unspecified atom stereocenters. The Morgan fingerprint density at radius 2 is 1.63 bits per heavy atom. The number of sulfonamides is 1. The summed E-state index contributed by atoms with van der Waals surface area (Å²) in [4.78, 5) is 29.1. The van der Waals surface area contributed by atoms with Crippen LogP contribution in [0.15, 0.2) is 53.4 Å². The molecule has 7 nitrogen and oxygen atoms in total. The van der Waals surface area contributed by atoms with Gasteiger partial charge in [-0.25, -0.2) is 8.42 Å². The molecule has 0 spiro atoms. The number of carbonyl (C=O) groups is 2. The van der Waals surface area contributed by atoms with Crippen molar-refractivity contribution < 1.29 is 18.0 Å². The summed E-state index contributed by atoms with van der Waals surface area (Å²) in [5.74, 6) is -0.735. The zero-order chi connectivity index (χ0) is 25.2. The number of nitrogens with zero attached hydrogens (tertiary/aromatic N) is 2. The van der Waals surface area contributed by atoms with Gasteiger partial charge >= 0.3 is 0 Å². The third-order valence-electron chi connectivity index (χ3n) is 7.35. The number of rotatable bonds is 5. The van der Waals surface area contributed by atoms with E-state index < -0.39 is 21.5 Å². The molecule has 1 aliphatic carbocycles. The molecule has 2 fully saturated rings. The highest BCUT2D eigenvalue weighted by atomic mass is 32.2. The minimum absolute atomic E-state index is 0.0274. The van der Waals surface area contributed by atoms with E-state index in [-0.39, 0.29) is 29.9 Å². The number of carbonyl (C=O) groups excluding carboxylic acids is 2. The number of hydrogen-bond donors (Lipinski definition) is 1. The zero-order valence-corrected chi connectivity index (χ0v) is 21.6. The highest BCUT2D eigenvalue weighted by Gasteiger charge is 2.51. The normalized spacial score (nSPS) is 22.6. The van der Waals surface area contributed by atoms with Gasteiger partial charge in [0.1, 0.15) is 5.54 Å². The van der Waals surface area contributed by atoms with Gasteiger partial charge in [0.15, 0.2) is 0 Å². The first-order chi connectivity index (χ1) is 16.6. The summed E-state index contributed by atoms with van der Waals surface area (Å²) in [5.41, 5.74) is 1.29. The molecule has 0 bridgehead atoms. The Bertz CT molecular complexity index is 1190. The van der Waals surface area contributed by atoms with Crippen molar-refractivity contribution in [2.75, 3.05) is 18.0 Å². The zero-order valence-electron chi connectivity index (χ0n) is 20.8. The van der Waals surface area contributed by atoms with Crippen LogP contribution in [0.2, 0.25) is 0 Å². The molecular weight excluding hydrogens is 462 g/mol. The molecule has 2 aromatic carbocycles. The predicted octanol–water partition coefficient (Wildman–Crippen LogP) is 3.94. The topological polar surface area (TPSA) is 86.8 Å². The number of hydrogen-bond acceptors (Lipinski definition) is 4. The summed E-state index contributed by atoms with van der Waals surface area (Å²) in [5, 5.41) is 3.17. The van der Waals surface area contributed by atoms with E-state index in [1.54, 1.807) is 25.1 Å². The molecular formula is C27H35N3O4S. The average Bonchev–Trinajstić information content (AvgIpc) is 3.10. The van der Waals surface area contributed by atoms with Crippen molar-refractivity contribution in [1.29, 1.82) is 0 Å². The second kappa shape index (κ2) is 10.1. The molecule has 2 aliphatic rings. The van der Waals surface area contributed by atoms with E-state index in [1.807, 2.05) is 32.0 Å². The quantitative estimate of drug-likeness (QED) is 0.634. The van der Waals surface area contributed by atoms with Crippen LogP contribution in [0.25, 0.3) is 0 Å². The Morgan fingerprint density at radius 1 is 0.971 bits per heavy atom. The Balaban J connectivity index is 1.72. The van der Waals surface area contributed by atoms with Crippen LogP contribution >= 0.6 is 0 Å². The first-order valence-electron chi connectivity index (χ1n) is 12.4. The largest absolute Gasteiger partial charge is 0.351 e. The van der Waals surface area contributed by atoms with Crippen LogP contribution in [0.3, 0.4) is 0 Å². The van der Waals surface area contributed by atoms with Crippen molar-refractivity contribution in [2.24, 2.45) is 0 Å². The summed E-state index contributed by atoms with van der Waals surface area (Å²) in [6, 6.07) is 13.7. The lowest BCUT2D eigenvalue weighted by molar-refractivity contribution is -0.133. The highest BCUT2D eigenvalue weighted by molar-refractivity contribution is 7.89. The van der Waals surface area contributed by atoms with Crippen molar-refractivity contribution in [3.63, 3.8) is 0 Å². The fourth-order valence-electron chi connectivity index (χ4n) is 5.11. The Morgan fingerprint density at radius 3 is 2.26 bits per heavy atom. The van der Waals surface area contributed by atoms with Gasteiger partial charge in [-0.05, 0) is 69.0 Å². The van der Waals surface area contributed by atoms with Crippen LogP contribution in [0.1, 0.15) is 56.6 Å². The van der Waals surface area contributed by atoms with Crippen LogP contribution in [-0.4, -0.2) is 49.2 Å². The van der Waals surface area contributed by atoms with E-state index in [1.165, 1.54) is 17.0 Å². The Hall–Kier alpha value is -2.71. The van der Waals surface area contributed by atoms with Crippen LogP contribution in [0.4, 0.5) is 5.69 Å². The third kappa shape index (κ3) is 5.14. The highest BCUT2D eigenvalue weighted by Crippen LogP contribution is 2.33. The predicted molar refractivity (Wildman–Crippen MR) is 137 cm³/mol. The van der Waals surface area contributed by atoms with E-state index >= 15 is 0 Å². The summed E-state index contributed by atoms with van der Waals surface area (Å²) < 4.78 is 28.0. The number of anilines is 1. The molecule has 1 saturated carbocycles. The number of nitrogens with one attached hydrogen (secondary N) is 1. The molecule has 1 heterocycles. The Labute approximate surface area is 208 Å². The molecule has 188 valence electrons. The second-order valence-corrected chi connectivity index (χ2v) is 12.0. The Kier molecular flexibility index (Phi) is 7.33. The lowest BCUT2D eigenvalue weighted by atomic mass is 9.93. The van der Waals surface area contributed by atoms with Gasteiger partial charge in [-0.2, -0.15) is 4.31 Å². The lowest BCUT2D eigenvalue weighted by Gasteiger charge is -2.47. The summed E-state index contributed by atoms with van der Waals surface area (Å²) in [6.07, 6.45) is 6.20. The molecule has 4 rings (SSSR count). The van der Waals surface area contributed by atoms with Crippen molar-refractivity contribution in [2.45, 2.75) is 75.8 Å². The van der Waals surface area contributed by atoms with E-state index in [0.29, 0.717) is 5.69 Å². The van der Waals surface area contributed by atoms with Gasteiger partial charge in [-0.1, -0.05) is 49.9 Å². The van der Waals surface area contributed by atoms with Gasteiger partial charge in [0.2, 0.25) is 21.8 Å². The van der Waals surface area contributed by atoms with Gasteiger partial charge < -0.3 is 5.32 Å². The first kappa shape index (κ1) is 25.4. The van der Waals surface area contributed by atoms with Crippen molar-refractivity contribution in [3.05, 3.63) is 59.7 Å². The van der Waals surface area contributed by atoms with Gasteiger partial charge in [0.25, 0.3) is 0 Å². The van der Waals surface area contributed by atoms with Crippen LogP contribution in [0, 0.1) is 13.8 Å². The number of aryl methyl sites for hydroxylation is 2. The molecule has 2 amide bonds. The maximum absolute atomic E-state index is 13.9. The van der Waals surface area contributed by atoms with Gasteiger partial charge in [-0.3, -0.25) is 14.5 Å². The molecule has 35 heavy (non-hydrogen) atoms. The van der Waals surface area contributed by atoms with E-state index in [0.717, 1.165) is 54.0 Å². The standard InChI is InChI=1S/C27H35N3O4S/c1-20-15-16-23(17-21(20)2)30-25(31)18-29(35(33,34)24-13-9-6-10-14-24)19-27(30,3)26(32)28-22-11-7-4-5-8-12-22/h6,9-10,13-17,22H,4-5,7-8,11-12,18-19H2,1-3H3,(H,28,32)/t27-/m0/s1. The number of benzene rings is 2. The van der Waals surface area contributed by atoms with E-state index in [9.17, 15) is 18.0 Å². The smallest absolute Gasteiger partial charge is 0.247 e. The average molecular weight is 498 g/mol. The summed E-state index contributed by atoms with van der Waals surface area (Å²) >= 11 is 0. The van der Waals surface area contributed by atoms with Crippen LogP contribution in [0.5, 0.6) is 0 Å². The lowest BCUT2D eigenvalue weighted by Crippen LogP contribution is -2.70. The summed E-state index contributed by atoms with van der Waals surface area (Å²) in [7, 11) is -3.95. The van der Waals surface area contributed by atoms with E-state index in [4.69, 9.17) is 0 Å². The van der Waals surface area contributed by atoms with Crippen LogP contribution in [-0.2, 0) is 19.6 Å².